The molecule has 1 aromatic heterocycles. The second kappa shape index (κ2) is 7.13. The highest BCUT2D eigenvalue weighted by atomic mass is 35.5. The molecule has 1 N–H and O–H groups in total. The van der Waals surface area contributed by atoms with Crippen molar-refractivity contribution < 1.29 is 22.4 Å². The van der Waals surface area contributed by atoms with E-state index in [1.165, 1.54) is 24.5 Å². The predicted octanol–water partition coefficient (Wildman–Crippen LogP) is 2.32. The molecule has 0 radical (unpaired) electrons. The fourth-order valence-electron chi connectivity index (χ4n) is 2.76. The van der Waals surface area contributed by atoms with Crippen molar-refractivity contribution in [1.82, 2.24) is 4.90 Å². The highest BCUT2D eigenvalue weighted by molar-refractivity contribution is 7.90. The van der Waals surface area contributed by atoms with E-state index >= 15 is 0 Å². The lowest BCUT2D eigenvalue weighted by Gasteiger charge is -2.15. The molecule has 0 spiro atoms. The van der Waals surface area contributed by atoms with Crippen molar-refractivity contribution in [3.05, 3.63) is 47.4 Å². The summed E-state index contributed by atoms with van der Waals surface area (Å²) in [6, 6.07) is 7.59. The van der Waals surface area contributed by atoms with Gasteiger partial charge in [-0.2, -0.15) is 0 Å². The molecule has 0 bridgehead atoms. The first kappa shape index (κ1) is 18.5. The molecule has 2 amide bonds. The summed E-state index contributed by atoms with van der Waals surface area (Å²) in [5.41, 5.74) is 0.205. The van der Waals surface area contributed by atoms with Crippen molar-refractivity contribution in [2.24, 2.45) is 5.92 Å². The number of sulfone groups is 1. The third kappa shape index (κ3) is 4.08. The Kier molecular flexibility index (Phi) is 5.06. The lowest BCUT2D eigenvalue weighted by molar-refractivity contribution is -0.128. The van der Waals surface area contributed by atoms with Crippen molar-refractivity contribution in [1.29, 1.82) is 0 Å². The summed E-state index contributed by atoms with van der Waals surface area (Å²) in [6.07, 6.45) is 2.68. The van der Waals surface area contributed by atoms with E-state index in [2.05, 4.69) is 5.32 Å². The quantitative estimate of drug-likeness (QED) is 0.836. The predicted molar refractivity (Wildman–Crippen MR) is 95.4 cm³/mol. The maximum absolute atomic E-state index is 12.5. The van der Waals surface area contributed by atoms with E-state index in [4.69, 9.17) is 16.0 Å². The highest BCUT2D eigenvalue weighted by Crippen LogP contribution is 2.27. The van der Waals surface area contributed by atoms with E-state index in [0.29, 0.717) is 12.3 Å². The van der Waals surface area contributed by atoms with E-state index in [1.807, 2.05) is 0 Å². The van der Waals surface area contributed by atoms with Crippen LogP contribution in [0.1, 0.15) is 12.2 Å². The van der Waals surface area contributed by atoms with Gasteiger partial charge in [0, 0.05) is 19.2 Å². The molecule has 2 aromatic rings. The van der Waals surface area contributed by atoms with Crippen LogP contribution in [0.5, 0.6) is 0 Å². The second-order valence-electron chi connectivity index (χ2n) is 6.16. The molecule has 0 aliphatic carbocycles. The Balaban J connectivity index is 1.70. The first-order valence-corrected chi connectivity index (χ1v) is 10.1. The molecule has 9 heteroatoms. The first-order valence-electron chi connectivity index (χ1n) is 7.84. The molecule has 1 aromatic carbocycles. The lowest BCUT2D eigenvalue weighted by Crippen LogP contribution is -2.28. The Hall–Kier alpha value is -2.32. The van der Waals surface area contributed by atoms with Crippen LogP contribution in [0, 0.1) is 5.92 Å². The summed E-state index contributed by atoms with van der Waals surface area (Å²) in [6.45, 7) is 0.564. The maximum atomic E-state index is 12.5. The number of halogens is 1. The van der Waals surface area contributed by atoms with Gasteiger partial charge >= 0.3 is 0 Å². The number of nitrogens with one attached hydrogen (secondary N) is 1. The van der Waals surface area contributed by atoms with E-state index in [1.54, 1.807) is 17.0 Å². The number of amides is 2. The van der Waals surface area contributed by atoms with Crippen LogP contribution in [0.4, 0.5) is 5.69 Å². The van der Waals surface area contributed by atoms with Gasteiger partial charge in [0.15, 0.2) is 9.84 Å². The maximum Gasteiger partial charge on any atom is 0.229 e. The van der Waals surface area contributed by atoms with Crippen LogP contribution >= 0.6 is 11.6 Å². The van der Waals surface area contributed by atoms with Gasteiger partial charge in [0.1, 0.15) is 5.76 Å². The van der Waals surface area contributed by atoms with Gasteiger partial charge in [-0.05, 0) is 30.3 Å². The van der Waals surface area contributed by atoms with Crippen LogP contribution in [0.3, 0.4) is 0 Å². The summed E-state index contributed by atoms with van der Waals surface area (Å²) in [5, 5.41) is 2.85. The van der Waals surface area contributed by atoms with Crippen LogP contribution in [0.2, 0.25) is 5.02 Å². The van der Waals surface area contributed by atoms with Crippen LogP contribution in [-0.2, 0) is 26.0 Å². The van der Waals surface area contributed by atoms with E-state index < -0.39 is 15.8 Å². The number of hydrogen-bond acceptors (Lipinski definition) is 5. The Morgan fingerprint density at radius 2 is 2.15 bits per heavy atom. The molecule has 1 atom stereocenters. The molecule has 3 rings (SSSR count). The number of likely N-dealkylation sites (tertiary alicyclic amines) is 1. The van der Waals surface area contributed by atoms with Crippen molar-refractivity contribution in [2.45, 2.75) is 17.9 Å². The van der Waals surface area contributed by atoms with Crippen LogP contribution in [-0.4, -0.2) is 37.9 Å². The van der Waals surface area contributed by atoms with Crippen LogP contribution in [0.25, 0.3) is 0 Å². The molecule has 0 unspecified atom stereocenters. The summed E-state index contributed by atoms with van der Waals surface area (Å²) < 4.78 is 28.5. The monoisotopic (exact) mass is 396 g/mol. The minimum Gasteiger partial charge on any atom is -0.467 e. The van der Waals surface area contributed by atoms with Crippen molar-refractivity contribution in [3.8, 4) is 0 Å². The Morgan fingerprint density at radius 1 is 1.38 bits per heavy atom. The third-order valence-corrected chi connectivity index (χ3v) is 5.58. The molecule has 1 saturated heterocycles. The van der Waals surface area contributed by atoms with Gasteiger partial charge in [-0.25, -0.2) is 8.42 Å². The summed E-state index contributed by atoms with van der Waals surface area (Å²) >= 11 is 6.05. The zero-order chi connectivity index (χ0) is 18.9. The number of furan rings is 1. The zero-order valence-electron chi connectivity index (χ0n) is 13.9. The van der Waals surface area contributed by atoms with Crippen LogP contribution in [0.15, 0.2) is 45.9 Å². The Bertz CT molecular complexity index is 940. The lowest BCUT2D eigenvalue weighted by atomic mass is 10.1. The first-order chi connectivity index (χ1) is 12.2. The van der Waals surface area contributed by atoms with Crippen molar-refractivity contribution in [2.75, 3.05) is 18.1 Å². The molecule has 0 saturated carbocycles. The van der Waals surface area contributed by atoms with Gasteiger partial charge in [0.2, 0.25) is 11.8 Å². The number of anilines is 1. The third-order valence-electron chi connectivity index (χ3n) is 4.14. The summed E-state index contributed by atoms with van der Waals surface area (Å²) in [7, 11) is -3.43. The molecule has 2 heterocycles. The topological polar surface area (TPSA) is 96.7 Å². The molecule has 7 nitrogen and oxygen atoms in total. The van der Waals surface area contributed by atoms with Crippen molar-refractivity contribution in [3.63, 3.8) is 0 Å². The van der Waals surface area contributed by atoms with Crippen LogP contribution < -0.4 is 5.32 Å². The molecule has 138 valence electrons. The zero-order valence-corrected chi connectivity index (χ0v) is 15.5. The van der Waals surface area contributed by atoms with Gasteiger partial charge in [-0.15, -0.1) is 0 Å². The molecule has 26 heavy (non-hydrogen) atoms. The minimum absolute atomic E-state index is 0.0548. The molecule has 1 aliphatic heterocycles. The minimum atomic E-state index is -3.43. The smallest absolute Gasteiger partial charge is 0.229 e. The molecular formula is C17H17ClN2O5S. The summed E-state index contributed by atoms with van der Waals surface area (Å²) in [4.78, 5) is 26.2. The number of benzene rings is 1. The normalized spacial score (nSPS) is 17.5. The molecule has 1 aliphatic rings. The van der Waals surface area contributed by atoms with Gasteiger partial charge < -0.3 is 14.6 Å². The van der Waals surface area contributed by atoms with Crippen molar-refractivity contribution >= 4 is 38.9 Å². The van der Waals surface area contributed by atoms with Gasteiger partial charge in [0.25, 0.3) is 0 Å². The Labute approximate surface area is 155 Å². The van der Waals surface area contributed by atoms with E-state index in [0.717, 1.165) is 6.26 Å². The largest absolute Gasteiger partial charge is 0.467 e. The fourth-order valence-corrected chi connectivity index (χ4v) is 3.57. The van der Waals surface area contributed by atoms with E-state index in [-0.39, 0.29) is 40.4 Å². The average molecular weight is 397 g/mol. The standard InChI is InChI=1S/C17H17ClN2O5S/c1-26(23,24)13-4-5-14(18)15(8-13)19-17(22)11-7-16(21)20(9-11)10-12-3-2-6-25-12/h2-6,8,11H,7,9-10H2,1H3,(H,19,22)/t11-/m1/s1. The SMILES string of the molecule is CS(=O)(=O)c1ccc(Cl)c(NC(=O)[C@@H]2CC(=O)N(Cc3ccco3)C2)c1. The number of rotatable bonds is 5. The van der Waals surface area contributed by atoms with Gasteiger partial charge in [-0.1, -0.05) is 11.6 Å². The fraction of sp³-hybridized carbons (Fsp3) is 0.294. The van der Waals surface area contributed by atoms with Gasteiger partial charge in [0.05, 0.1) is 34.3 Å². The van der Waals surface area contributed by atoms with Gasteiger partial charge in [-0.3, -0.25) is 9.59 Å². The number of nitrogens with zero attached hydrogens (tertiary/aromatic N) is 1. The van der Waals surface area contributed by atoms with E-state index in [9.17, 15) is 18.0 Å². The molecule has 1 fully saturated rings. The Morgan fingerprint density at radius 3 is 2.81 bits per heavy atom. The number of carbonyl (C=O) groups excluding carboxylic acids is 2. The summed E-state index contributed by atoms with van der Waals surface area (Å²) in [5.74, 6) is -0.427. The molecular weight excluding hydrogens is 380 g/mol. The second-order valence-corrected chi connectivity index (χ2v) is 8.58. The number of carbonyl (C=O) groups is 2. The highest BCUT2D eigenvalue weighted by Gasteiger charge is 2.34. The average Bonchev–Trinajstić information content (AvgIpc) is 3.19. The number of hydrogen-bond donors (Lipinski definition) is 1.